The lowest BCUT2D eigenvalue weighted by Crippen LogP contribution is -2.36. The number of ether oxygens (including phenoxy) is 1. The number of benzene rings is 2. The van der Waals surface area contributed by atoms with Gasteiger partial charge in [0.05, 0.1) is 22.3 Å². The molecular weight excluding hydrogens is 512 g/mol. The molecule has 0 radical (unpaired) electrons. The minimum Gasteiger partial charge on any atom is -0.492 e. The summed E-state index contributed by atoms with van der Waals surface area (Å²) >= 11 is 12.8. The summed E-state index contributed by atoms with van der Waals surface area (Å²) in [6.45, 7) is 1.37. The van der Waals surface area contributed by atoms with Crippen LogP contribution in [0.4, 0.5) is 4.39 Å². The van der Waals surface area contributed by atoms with Crippen LogP contribution in [0.15, 0.2) is 48.5 Å². The monoisotopic (exact) mass is 543 g/mol. The molecule has 1 heterocycles. The van der Waals surface area contributed by atoms with Crippen LogP contribution in [-0.4, -0.2) is 49.1 Å². The summed E-state index contributed by atoms with van der Waals surface area (Å²) in [5, 5.41) is 3.83. The second-order valence-electron chi connectivity index (χ2n) is 9.65. The van der Waals surface area contributed by atoms with Gasteiger partial charge in [-0.25, -0.2) is 9.37 Å². The van der Waals surface area contributed by atoms with E-state index >= 15 is 0 Å². The van der Waals surface area contributed by atoms with E-state index < -0.39 is 5.82 Å². The lowest BCUT2D eigenvalue weighted by atomic mass is 9.95. The molecule has 1 aromatic heterocycles. The Hall–Kier alpha value is -2.67. The van der Waals surface area contributed by atoms with Crippen molar-refractivity contribution in [1.82, 2.24) is 15.2 Å². The molecule has 4 rings (SSSR count). The maximum Gasteiger partial charge on any atom is 0.270 e. The zero-order chi connectivity index (χ0) is 26.4. The van der Waals surface area contributed by atoms with E-state index in [2.05, 4.69) is 10.2 Å². The maximum absolute atomic E-state index is 15.0. The number of nitrogens with one attached hydrogen (secondary N) is 1. The minimum atomic E-state index is -0.468. The maximum atomic E-state index is 15.0. The molecule has 1 aliphatic carbocycles. The second kappa shape index (κ2) is 12.7. The molecule has 5 nitrogen and oxygen atoms in total. The lowest BCUT2D eigenvalue weighted by Gasteiger charge is -2.23. The van der Waals surface area contributed by atoms with Gasteiger partial charge in [-0.05, 0) is 69.8 Å². The average molecular weight is 544 g/mol. The molecule has 0 saturated heterocycles. The highest BCUT2D eigenvalue weighted by Gasteiger charge is 2.22. The van der Waals surface area contributed by atoms with Crippen LogP contribution < -0.4 is 10.1 Å². The molecule has 8 heteroatoms. The number of halogens is 3. The largest absolute Gasteiger partial charge is 0.492 e. The van der Waals surface area contributed by atoms with Crippen LogP contribution in [0, 0.1) is 5.82 Å². The predicted molar refractivity (Wildman–Crippen MR) is 148 cm³/mol. The van der Waals surface area contributed by atoms with Gasteiger partial charge in [-0.2, -0.15) is 0 Å². The molecule has 1 saturated carbocycles. The van der Waals surface area contributed by atoms with Gasteiger partial charge in [0, 0.05) is 29.3 Å². The third kappa shape index (κ3) is 7.01. The van der Waals surface area contributed by atoms with Crippen LogP contribution in [0.3, 0.4) is 0 Å². The molecule has 0 bridgehead atoms. The van der Waals surface area contributed by atoms with Crippen molar-refractivity contribution in [1.29, 1.82) is 0 Å². The standard InChI is InChI=1S/C29H32Cl2FN3O2/c1-35(2)16-7-17-37-26-18-19(12-14-22(26)30)28-21(27-23(31)10-6-11-24(27)32)13-15-25(34-28)29(36)33-20-8-4-3-5-9-20/h6,10-15,18,20H,3-5,7-9,16-17H2,1-2H3,(H,33,36). The number of carbonyl (C=O) groups is 1. The number of carbonyl (C=O) groups excluding carboxylic acids is 1. The smallest absolute Gasteiger partial charge is 0.270 e. The van der Waals surface area contributed by atoms with Crippen molar-refractivity contribution in [2.24, 2.45) is 0 Å². The number of aromatic nitrogens is 1. The van der Waals surface area contributed by atoms with Crippen molar-refractivity contribution in [3.8, 4) is 28.1 Å². The zero-order valence-electron chi connectivity index (χ0n) is 21.2. The molecule has 0 spiro atoms. The normalized spacial score (nSPS) is 14.1. The van der Waals surface area contributed by atoms with Crippen LogP contribution in [0.5, 0.6) is 5.75 Å². The van der Waals surface area contributed by atoms with Gasteiger partial charge in [0.15, 0.2) is 0 Å². The summed E-state index contributed by atoms with van der Waals surface area (Å²) in [6, 6.07) is 13.3. The van der Waals surface area contributed by atoms with Gasteiger partial charge in [0.1, 0.15) is 17.3 Å². The van der Waals surface area contributed by atoms with E-state index in [1.807, 2.05) is 14.1 Å². The first kappa shape index (κ1) is 27.4. The molecule has 2 aromatic carbocycles. The number of hydrogen-bond acceptors (Lipinski definition) is 4. The Labute approximate surface area is 227 Å². The Morgan fingerprint density at radius 2 is 1.86 bits per heavy atom. The van der Waals surface area contributed by atoms with Gasteiger partial charge in [-0.3, -0.25) is 4.79 Å². The van der Waals surface area contributed by atoms with Crippen molar-refractivity contribution in [2.45, 2.75) is 44.6 Å². The number of pyridine rings is 1. The van der Waals surface area contributed by atoms with Gasteiger partial charge >= 0.3 is 0 Å². The first-order chi connectivity index (χ1) is 17.8. The fourth-order valence-electron chi connectivity index (χ4n) is 4.59. The van der Waals surface area contributed by atoms with Crippen LogP contribution in [0.25, 0.3) is 22.4 Å². The first-order valence-corrected chi connectivity index (χ1v) is 13.4. The van der Waals surface area contributed by atoms with E-state index in [-0.39, 0.29) is 28.2 Å². The Kier molecular flexibility index (Phi) is 9.41. The molecule has 0 aliphatic heterocycles. The molecule has 1 N–H and O–H groups in total. The Morgan fingerprint density at radius 1 is 1.08 bits per heavy atom. The van der Waals surface area contributed by atoms with Crippen LogP contribution >= 0.6 is 23.2 Å². The Morgan fingerprint density at radius 3 is 2.59 bits per heavy atom. The van der Waals surface area contributed by atoms with Gasteiger partial charge in [0.25, 0.3) is 5.91 Å². The van der Waals surface area contributed by atoms with Crippen LogP contribution in [-0.2, 0) is 0 Å². The SMILES string of the molecule is CN(C)CCCOc1cc(-c2nc(C(=O)NC3CCCCC3)ccc2-c2c(F)cccc2Cl)ccc1Cl. The molecule has 196 valence electrons. The topological polar surface area (TPSA) is 54.5 Å². The Balaban J connectivity index is 1.72. The van der Waals surface area contributed by atoms with Gasteiger partial charge in [0.2, 0.25) is 0 Å². The molecule has 37 heavy (non-hydrogen) atoms. The predicted octanol–water partition coefficient (Wildman–Crippen LogP) is 7.25. The van der Waals surface area contributed by atoms with E-state index in [0.717, 1.165) is 38.6 Å². The van der Waals surface area contributed by atoms with E-state index in [9.17, 15) is 9.18 Å². The van der Waals surface area contributed by atoms with Crippen molar-refractivity contribution < 1.29 is 13.9 Å². The fraction of sp³-hybridized carbons (Fsp3) is 0.379. The molecule has 0 unspecified atom stereocenters. The molecule has 3 aromatic rings. The van der Waals surface area contributed by atoms with Crippen molar-refractivity contribution in [3.05, 3.63) is 70.1 Å². The molecule has 1 fully saturated rings. The van der Waals surface area contributed by atoms with Crippen molar-refractivity contribution in [2.75, 3.05) is 27.2 Å². The van der Waals surface area contributed by atoms with E-state index in [4.69, 9.17) is 32.9 Å². The molecule has 0 atom stereocenters. The Bertz CT molecular complexity index is 1230. The highest BCUT2D eigenvalue weighted by molar-refractivity contribution is 6.33. The van der Waals surface area contributed by atoms with Crippen molar-refractivity contribution in [3.63, 3.8) is 0 Å². The van der Waals surface area contributed by atoms with Crippen LogP contribution in [0.2, 0.25) is 10.0 Å². The van der Waals surface area contributed by atoms with Crippen molar-refractivity contribution >= 4 is 29.1 Å². The van der Waals surface area contributed by atoms with E-state index in [0.29, 0.717) is 34.2 Å². The number of hydrogen-bond donors (Lipinski definition) is 1. The summed E-state index contributed by atoms with van der Waals surface area (Å²) in [4.78, 5) is 19.9. The van der Waals surface area contributed by atoms with Gasteiger partial charge in [-0.1, -0.05) is 54.6 Å². The zero-order valence-corrected chi connectivity index (χ0v) is 22.7. The quantitative estimate of drug-likeness (QED) is 0.288. The summed E-state index contributed by atoms with van der Waals surface area (Å²) in [5.41, 5.74) is 2.06. The highest BCUT2D eigenvalue weighted by atomic mass is 35.5. The first-order valence-electron chi connectivity index (χ1n) is 12.7. The summed E-state index contributed by atoms with van der Waals surface area (Å²) < 4.78 is 20.9. The molecule has 1 amide bonds. The number of amides is 1. The minimum absolute atomic E-state index is 0.143. The van der Waals surface area contributed by atoms with Gasteiger partial charge < -0.3 is 15.0 Å². The molecular formula is C29H32Cl2FN3O2. The third-order valence-corrected chi connectivity index (χ3v) is 7.14. The van der Waals surface area contributed by atoms with E-state index in [1.54, 1.807) is 42.5 Å². The van der Waals surface area contributed by atoms with E-state index in [1.165, 1.54) is 12.5 Å². The molecule has 1 aliphatic rings. The third-order valence-electron chi connectivity index (χ3n) is 6.51. The average Bonchev–Trinajstić information content (AvgIpc) is 2.88. The van der Waals surface area contributed by atoms with Crippen LogP contribution in [0.1, 0.15) is 49.0 Å². The summed E-state index contributed by atoms with van der Waals surface area (Å²) in [6.07, 6.45) is 6.18. The van der Waals surface area contributed by atoms with Gasteiger partial charge in [-0.15, -0.1) is 0 Å². The fourth-order valence-corrected chi connectivity index (χ4v) is 5.03. The number of nitrogens with zero attached hydrogens (tertiary/aromatic N) is 2. The number of rotatable bonds is 9. The summed E-state index contributed by atoms with van der Waals surface area (Å²) in [5.74, 6) is -0.208. The second-order valence-corrected chi connectivity index (χ2v) is 10.5. The summed E-state index contributed by atoms with van der Waals surface area (Å²) in [7, 11) is 4.01. The highest BCUT2D eigenvalue weighted by Crippen LogP contribution is 2.39. The lowest BCUT2D eigenvalue weighted by molar-refractivity contribution is 0.0923.